The molecule has 0 unspecified atom stereocenters. The molecule has 1 N–H and O–H groups in total. The SMILES string of the molecule is Cc1nc(C)c(C(=O)N2CCNC[C@H]2C)s1.Cl.Cl. The second-order valence-electron chi connectivity index (χ2n) is 4.20. The molecule has 0 bridgehead atoms. The van der Waals surface area contributed by atoms with Crippen LogP contribution < -0.4 is 5.32 Å². The lowest BCUT2D eigenvalue weighted by atomic mass is 10.2. The van der Waals surface area contributed by atoms with Crippen LogP contribution in [0.15, 0.2) is 0 Å². The van der Waals surface area contributed by atoms with Crippen LogP contribution in [-0.2, 0) is 0 Å². The van der Waals surface area contributed by atoms with Crippen molar-refractivity contribution in [3.63, 3.8) is 0 Å². The highest BCUT2D eigenvalue weighted by Gasteiger charge is 2.26. The first kappa shape index (κ1) is 17.6. The number of hydrogen-bond acceptors (Lipinski definition) is 4. The monoisotopic (exact) mass is 311 g/mol. The van der Waals surface area contributed by atoms with E-state index in [1.807, 2.05) is 18.7 Å². The summed E-state index contributed by atoms with van der Waals surface area (Å²) in [6.45, 7) is 8.47. The maximum atomic E-state index is 12.3. The number of piperazine rings is 1. The Morgan fingerprint density at radius 1 is 1.44 bits per heavy atom. The van der Waals surface area contributed by atoms with Crippen molar-refractivity contribution in [2.75, 3.05) is 19.6 Å². The van der Waals surface area contributed by atoms with Crippen LogP contribution in [0.2, 0.25) is 0 Å². The standard InChI is InChI=1S/C11H17N3OS.2ClH/c1-7-6-12-4-5-14(7)11(15)10-8(2)13-9(3)16-10;;/h7,12H,4-6H2,1-3H3;2*1H/t7-;;/m1../s1. The van der Waals surface area contributed by atoms with Crippen molar-refractivity contribution in [2.24, 2.45) is 0 Å². The van der Waals surface area contributed by atoms with Gasteiger partial charge >= 0.3 is 0 Å². The van der Waals surface area contributed by atoms with Crippen LogP contribution in [0.3, 0.4) is 0 Å². The van der Waals surface area contributed by atoms with Crippen molar-refractivity contribution in [3.05, 3.63) is 15.6 Å². The van der Waals surface area contributed by atoms with Gasteiger partial charge in [-0.2, -0.15) is 0 Å². The Morgan fingerprint density at radius 2 is 2.11 bits per heavy atom. The summed E-state index contributed by atoms with van der Waals surface area (Å²) in [5.41, 5.74) is 0.859. The first-order valence-corrected chi connectivity index (χ1v) is 6.37. The molecule has 1 saturated heterocycles. The zero-order valence-corrected chi connectivity index (χ0v) is 13.2. The number of halogens is 2. The quantitative estimate of drug-likeness (QED) is 0.863. The summed E-state index contributed by atoms with van der Waals surface area (Å²) in [4.78, 5) is 19.4. The maximum absolute atomic E-state index is 12.3. The highest BCUT2D eigenvalue weighted by molar-refractivity contribution is 7.13. The molecule has 7 heteroatoms. The Bertz CT molecular complexity index is 411. The van der Waals surface area contributed by atoms with E-state index in [2.05, 4.69) is 17.2 Å². The first-order chi connectivity index (χ1) is 7.59. The Hall–Kier alpha value is -0.360. The van der Waals surface area contributed by atoms with Crippen molar-refractivity contribution in [2.45, 2.75) is 26.8 Å². The van der Waals surface area contributed by atoms with Gasteiger partial charge in [-0.3, -0.25) is 4.79 Å². The zero-order chi connectivity index (χ0) is 11.7. The van der Waals surface area contributed by atoms with Crippen LogP contribution in [0.25, 0.3) is 0 Å². The third-order valence-corrected chi connectivity index (χ3v) is 3.92. The van der Waals surface area contributed by atoms with Gasteiger partial charge < -0.3 is 10.2 Å². The molecule has 4 nitrogen and oxygen atoms in total. The van der Waals surface area contributed by atoms with E-state index in [9.17, 15) is 4.79 Å². The summed E-state index contributed by atoms with van der Waals surface area (Å²) in [7, 11) is 0. The molecule has 1 amide bonds. The van der Waals surface area contributed by atoms with Gasteiger partial charge in [0.05, 0.1) is 10.7 Å². The van der Waals surface area contributed by atoms with E-state index in [0.29, 0.717) is 0 Å². The minimum atomic E-state index is 0. The number of nitrogens with one attached hydrogen (secondary N) is 1. The van der Waals surface area contributed by atoms with Gasteiger partial charge in [0, 0.05) is 25.7 Å². The average molecular weight is 312 g/mol. The van der Waals surface area contributed by atoms with Crippen LogP contribution in [-0.4, -0.2) is 41.5 Å². The fraction of sp³-hybridized carbons (Fsp3) is 0.636. The smallest absolute Gasteiger partial charge is 0.266 e. The van der Waals surface area contributed by atoms with Crippen LogP contribution in [0.1, 0.15) is 27.3 Å². The van der Waals surface area contributed by atoms with Crippen LogP contribution >= 0.6 is 36.2 Å². The van der Waals surface area contributed by atoms with Gasteiger partial charge in [0.1, 0.15) is 4.88 Å². The Morgan fingerprint density at radius 3 is 2.61 bits per heavy atom. The summed E-state index contributed by atoms with van der Waals surface area (Å²) in [6, 6.07) is 0.267. The minimum Gasteiger partial charge on any atom is -0.333 e. The number of rotatable bonds is 1. The molecule has 1 aliphatic rings. The van der Waals surface area contributed by atoms with E-state index in [1.165, 1.54) is 11.3 Å². The Balaban J connectivity index is 0.00000144. The number of aromatic nitrogens is 1. The summed E-state index contributed by atoms with van der Waals surface area (Å²) in [5.74, 6) is 0.136. The maximum Gasteiger partial charge on any atom is 0.266 e. The van der Waals surface area contributed by atoms with Crippen LogP contribution in [0, 0.1) is 13.8 Å². The first-order valence-electron chi connectivity index (χ1n) is 5.55. The fourth-order valence-electron chi connectivity index (χ4n) is 2.00. The molecule has 1 atom stereocenters. The molecule has 0 aromatic carbocycles. The molecule has 0 saturated carbocycles. The number of carbonyl (C=O) groups is 1. The molecule has 0 aliphatic carbocycles. The lowest BCUT2D eigenvalue weighted by Gasteiger charge is -2.33. The van der Waals surface area contributed by atoms with E-state index >= 15 is 0 Å². The molecule has 18 heavy (non-hydrogen) atoms. The van der Waals surface area contributed by atoms with Gasteiger partial charge in [0.25, 0.3) is 5.91 Å². The van der Waals surface area contributed by atoms with Gasteiger partial charge in [-0.1, -0.05) is 0 Å². The van der Waals surface area contributed by atoms with Gasteiger partial charge in [-0.15, -0.1) is 36.2 Å². The lowest BCUT2D eigenvalue weighted by molar-refractivity contribution is 0.0660. The van der Waals surface area contributed by atoms with Crippen molar-refractivity contribution in [1.82, 2.24) is 15.2 Å². The second kappa shape index (κ2) is 7.28. The van der Waals surface area contributed by atoms with E-state index in [1.54, 1.807) is 0 Å². The molecular weight excluding hydrogens is 293 g/mol. The third kappa shape index (κ3) is 3.57. The molecule has 1 aliphatic heterocycles. The molecule has 104 valence electrons. The molecular formula is C11H19Cl2N3OS. The van der Waals surface area contributed by atoms with E-state index in [4.69, 9.17) is 0 Å². The van der Waals surface area contributed by atoms with Crippen molar-refractivity contribution in [1.29, 1.82) is 0 Å². The lowest BCUT2D eigenvalue weighted by Crippen LogP contribution is -2.52. The highest BCUT2D eigenvalue weighted by atomic mass is 35.5. The van der Waals surface area contributed by atoms with Crippen LogP contribution in [0.5, 0.6) is 0 Å². The molecule has 2 heterocycles. The fourth-order valence-corrected chi connectivity index (χ4v) is 2.88. The van der Waals surface area contributed by atoms with Crippen molar-refractivity contribution in [3.8, 4) is 0 Å². The number of amides is 1. The molecule has 1 fully saturated rings. The Labute approximate surface area is 124 Å². The predicted molar refractivity (Wildman–Crippen MR) is 79.5 cm³/mol. The summed E-state index contributed by atoms with van der Waals surface area (Å²) in [5, 5.41) is 4.25. The molecule has 2 rings (SSSR count). The van der Waals surface area contributed by atoms with Crippen molar-refractivity contribution >= 4 is 42.1 Å². The minimum absolute atomic E-state index is 0. The number of aryl methyl sites for hydroxylation is 2. The third-order valence-electron chi connectivity index (χ3n) is 2.86. The van der Waals surface area contributed by atoms with Crippen LogP contribution in [0.4, 0.5) is 0 Å². The van der Waals surface area contributed by atoms with E-state index < -0.39 is 0 Å². The summed E-state index contributed by atoms with van der Waals surface area (Å²) < 4.78 is 0. The van der Waals surface area contributed by atoms with Crippen molar-refractivity contribution < 1.29 is 4.79 Å². The zero-order valence-electron chi connectivity index (χ0n) is 10.7. The molecule has 1 aromatic rings. The normalized spacial score (nSPS) is 18.8. The van der Waals surface area contributed by atoms with Gasteiger partial charge in [-0.25, -0.2) is 4.98 Å². The number of hydrogen-bond donors (Lipinski definition) is 1. The second-order valence-corrected chi connectivity index (χ2v) is 5.40. The van der Waals surface area contributed by atoms with Gasteiger partial charge in [0.2, 0.25) is 0 Å². The topological polar surface area (TPSA) is 45.2 Å². The molecule has 1 aromatic heterocycles. The predicted octanol–water partition coefficient (Wildman–Crippen LogP) is 2.04. The highest BCUT2D eigenvalue weighted by Crippen LogP contribution is 2.20. The molecule has 0 spiro atoms. The summed E-state index contributed by atoms with van der Waals surface area (Å²) in [6.07, 6.45) is 0. The largest absolute Gasteiger partial charge is 0.333 e. The Kier molecular flexibility index (Phi) is 7.14. The average Bonchev–Trinajstić information content (AvgIpc) is 2.58. The van der Waals surface area contributed by atoms with Gasteiger partial charge in [0.15, 0.2) is 0 Å². The van der Waals surface area contributed by atoms with Gasteiger partial charge in [-0.05, 0) is 20.8 Å². The molecule has 0 radical (unpaired) electrons. The number of carbonyl (C=O) groups excluding carboxylic acids is 1. The number of thiazole rings is 1. The summed E-state index contributed by atoms with van der Waals surface area (Å²) >= 11 is 1.50. The van der Waals surface area contributed by atoms with E-state index in [0.717, 1.165) is 35.2 Å². The van der Waals surface area contributed by atoms with E-state index in [-0.39, 0.29) is 36.8 Å². The number of nitrogens with zero attached hydrogens (tertiary/aromatic N) is 2.